The predicted octanol–water partition coefficient (Wildman–Crippen LogP) is 1.14. The molecule has 25 heavy (non-hydrogen) atoms. The largest absolute Gasteiger partial charge is 0.335 e. The standard InChI is InChI=1S/C17H22N6O2/c1-12-8-15(19-20(12)2)17(25)21-7-5-13(10-21)23-11-14(9-18-23)22-6-3-4-16(22)24/h8-9,11,13H,3-7,10H2,1-2H3. The van der Waals surface area contributed by atoms with Crippen molar-refractivity contribution in [3.05, 3.63) is 29.8 Å². The molecule has 132 valence electrons. The average molecular weight is 342 g/mol. The molecule has 4 rings (SSSR count). The molecular formula is C17H22N6O2. The molecule has 2 aromatic rings. The molecule has 2 aliphatic heterocycles. The summed E-state index contributed by atoms with van der Waals surface area (Å²) in [7, 11) is 1.84. The van der Waals surface area contributed by atoms with Gasteiger partial charge in [0.2, 0.25) is 5.91 Å². The number of likely N-dealkylation sites (tertiary alicyclic amines) is 1. The zero-order valence-electron chi connectivity index (χ0n) is 14.6. The van der Waals surface area contributed by atoms with Gasteiger partial charge in [-0.15, -0.1) is 0 Å². The van der Waals surface area contributed by atoms with Crippen LogP contribution in [-0.4, -0.2) is 55.9 Å². The van der Waals surface area contributed by atoms with Crippen molar-refractivity contribution in [1.29, 1.82) is 0 Å². The summed E-state index contributed by atoms with van der Waals surface area (Å²) in [5.74, 6) is 0.126. The van der Waals surface area contributed by atoms with E-state index in [2.05, 4.69) is 10.2 Å². The van der Waals surface area contributed by atoms with E-state index in [0.29, 0.717) is 25.2 Å². The van der Waals surface area contributed by atoms with Crippen molar-refractivity contribution in [3.8, 4) is 0 Å². The smallest absolute Gasteiger partial charge is 0.274 e. The van der Waals surface area contributed by atoms with Crippen molar-refractivity contribution < 1.29 is 9.59 Å². The number of aromatic nitrogens is 4. The van der Waals surface area contributed by atoms with Crippen LogP contribution in [0.4, 0.5) is 5.69 Å². The van der Waals surface area contributed by atoms with Gasteiger partial charge in [0, 0.05) is 45.0 Å². The van der Waals surface area contributed by atoms with Crippen LogP contribution >= 0.6 is 0 Å². The number of hydrogen-bond donors (Lipinski definition) is 0. The van der Waals surface area contributed by atoms with Crippen LogP contribution in [-0.2, 0) is 11.8 Å². The number of anilines is 1. The Balaban J connectivity index is 1.45. The van der Waals surface area contributed by atoms with E-state index < -0.39 is 0 Å². The summed E-state index contributed by atoms with van der Waals surface area (Å²) in [6.07, 6.45) is 6.04. The average Bonchev–Trinajstić information content (AvgIpc) is 3.34. The monoisotopic (exact) mass is 342 g/mol. The predicted molar refractivity (Wildman–Crippen MR) is 91.3 cm³/mol. The molecule has 2 aromatic heterocycles. The second-order valence-electron chi connectivity index (χ2n) is 6.82. The van der Waals surface area contributed by atoms with Crippen LogP contribution in [0.15, 0.2) is 18.5 Å². The molecule has 2 fully saturated rings. The Morgan fingerprint density at radius 2 is 2.16 bits per heavy atom. The van der Waals surface area contributed by atoms with Gasteiger partial charge in [0.15, 0.2) is 5.69 Å². The molecule has 1 atom stereocenters. The highest BCUT2D eigenvalue weighted by molar-refractivity contribution is 5.95. The van der Waals surface area contributed by atoms with Gasteiger partial charge in [-0.25, -0.2) is 0 Å². The van der Waals surface area contributed by atoms with E-state index in [9.17, 15) is 9.59 Å². The van der Waals surface area contributed by atoms with Gasteiger partial charge in [0.05, 0.1) is 17.9 Å². The van der Waals surface area contributed by atoms with Crippen LogP contribution in [0, 0.1) is 6.92 Å². The lowest BCUT2D eigenvalue weighted by atomic mass is 10.3. The Kier molecular flexibility index (Phi) is 3.82. The zero-order chi connectivity index (χ0) is 17.6. The topological polar surface area (TPSA) is 76.3 Å². The number of carbonyl (C=O) groups is 2. The molecule has 0 saturated carbocycles. The van der Waals surface area contributed by atoms with Gasteiger partial charge < -0.3 is 9.80 Å². The Bertz CT molecular complexity index is 803. The van der Waals surface area contributed by atoms with Crippen molar-refractivity contribution >= 4 is 17.5 Å². The van der Waals surface area contributed by atoms with E-state index in [1.807, 2.05) is 35.8 Å². The van der Waals surface area contributed by atoms with Crippen molar-refractivity contribution in [1.82, 2.24) is 24.5 Å². The first-order valence-corrected chi connectivity index (χ1v) is 8.67. The second-order valence-corrected chi connectivity index (χ2v) is 6.82. The third-order valence-corrected chi connectivity index (χ3v) is 5.13. The Labute approximate surface area is 146 Å². The first-order chi connectivity index (χ1) is 12.0. The van der Waals surface area contributed by atoms with Crippen molar-refractivity contribution in [3.63, 3.8) is 0 Å². The molecule has 8 heteroatoms. The van der Waals surface area contributed by atoms with Crippen LogP contribution < -0.4 is 4.90 Å². The quantitative estimate of drug-likeness (QED) is 0.838. The lowest BCUT2D eigenvalue weighted by Crippen LogP contribution is -2.29. The highest BCUT2D eigenvalue weighted by atomic mass is 16.2. The van der Waals surface area contributed by atoms with Crippen molar-refractivity contribution in [2.75, 3.05) is 24.5 Å². The highest BCUT2D eigenvalue weighted by Gasteiger charge is 2.31. The molecule has 8 nitrogen and oxygen atoms in total. The number of rotatable bonds is 3. The van der Waals surface area contributed by atoms with Gasteiger partial charge in [0.1, 0.15) is 0 Å². The minimum absolute atomic E-state index is 0.0340. The van der Waals surface area contributed by atoms with Crippen LogP contribution in [0.1, 0.15) is 41.5 Å². The van der Waals surface area contributed by atoms with Crippen LogP contribution in [0.25, 0.3) is 0 Å². The van der Waals surface area contributed by atoms with Crippen LogP contribution in [0.5, 0.6) is 0 Å². The van der Waals surface area contributed by atoms with Gasteiger partial charge in [0.25, 0.3) is 5.91 Å². The molecule has 0 bridgehead atoms. The minimum atomic E-state index is -0.0340. The molecule has 2 amide bonds. The summed E-state index contributed by atoms with van der Waals surface area (Å²) in [6, 6.07) is 1.96. The molecule has 1 unspecified atom stereocenters. The van der Waals surface area contributed by atoms with E-state index in [4.69, 9.17) is 0 Å². The van der Waals surface area contributed by atoms with Gasteiger partial charge >= 0.3 is 0 Å². The molecule has 0 aliphatic carbocycles. The normalized spacial score (nSPS) is 20.7. The maximum Gasteiger partial charge on any atom is 0.274 e. The summed E-state index contributed by atoms with van der Waals surface area (Å²) in [5, 5.41) is 8.70. The molecular weight excluding hydrogens is 320 g/mol. The van der Waals surface area contributed by atoms with E-state index in [0.717, 1.165) is 30.8 Å². The fraction of sp³-hybridized carbons (Fsp3) is 0.529. The Morgan fingerprint density at radius 1 is 1.32 bits per heavy atom. The molecule has 0 radical (unpaired) electrons. The Hall–Kier alpha value is -2.64. The van der Waals surface area contributed by atoms with Gasteiger partial charge in [-0.2, -0.15) is 10.2 Å². The Morgan fingerprint density at radius 3 is 2.84 bits per heavy atom. The summed E-state index contributed by atoms with van der Waals surface area (Å²) in [5.41, 5.74) is 2.31. The molecule has 0 spiro atoms. The number of amides is 2. The van der Waals surface area contributed by atoms with Crippen molar-refractivity contribution in [2.24, 2.45) is 7.05 Å². The number of hydrogen-bond acceptors (Lipinski definition) is 4. The molecule has 0 N–H and O–H groups in total. The molecule has 0 aromatic carbocycles. The third kappa shape index (κ3) is 2.81. The van der Waals surface area contributed by atoms with Gasteiger partial charge in [-0.3, -0.25) is 19.0 Å². The molecule has 4 heterocycles. The van der Waals surface area contributed by atoms with Gasteiger partial charge in [-0.1, -0.05) is 0 Å². The maximum absolute atomic E-state index is 12.6. The SMILES string of the molecule is Cc1cc(C(=O)N2CCC(n3cc(N4CCCC4=O)cn3)C2)nn1C. The van der Waals surface area contributed by atoms with E-state index in [1.54, 1.807) is 15.8 Å². The lowest BCUT2D eigenvalue weighted by Gasteiger charge is -2.15. The zero-order valence-corrected chi connectivity index (χ0v) is 14.6. The number of carbonyl (C=O) groups excluding carboxylic acids is 2. The minimum Gasteiger partial charge on any atom is -0.335 e. The van der Waals surface area contributed by atoms with Crippen molar-refractivity contribution in [2.45, 2.75) is 32.2 Å². The summed E-state index contributed by atoms with van der Waals surface area (Å²) in [4.78, 5) is 28.1. The number of aryl methyl sites for hydroxylation is 2. The molecule has 2 saturated heterocycles. The van der Waals surface area contributed by atoms with E-state index >= 15 is 0 Å². The van der Waals surface area contributed by atoms with E-state index in [-0.39, 0.29) is 17.9 Å². The second kappa shape index (κ2) is 6.02. The first kappa shape index (κ1) is 15.9. The first-order valence-electron chi connectivity index (χ1n) is 8.67. The number of nitrogens with zero attached hydrogens (tertiary/aromatic N) is 6. The third-order valence-electron chi connectivity index (χ3n) is 5.13. The molecule has 2 aliphatic rings. The summed E-state index contributed by atoms with van der Waals surface area (Å²) in [6.45, 7) is 4.00. The summed E-state index contributed by atoms with van der Waals surface area (Å²) < 4.78 is 3.60. The summed E-state index contributed by atoms with van der Waals surface area (Å²) >= 11 is 0. The fourth-order valence-electron chi connectivity index (χ4n) is 3.56. The highest BCUT2D eigenvalue weighted by Crippen LogP contribution is 2.26. The fourth-order valence-corrected chi connectivity index (χ4v) is 3.56. The van der Waals surface area contributed by atoms with E-state index in [1.165, 1.54) is 0 Å². The maximum atomic E-state index is 12.6. The lowest BCUT2D eigenvalue weighted by molar-refractivity contribution is -0.117. The van der Waals surface area contributed by atoms with Gasteiger partial charge in [-0.05, 0) is 25.8 Å². The van der Waals surface area contributed by atoms with Crippen LogP contribution in [0.3, 0.4) is 0 Å². The van der Waals surface area contributed by atoms with Crippen LogP contribution in [0.2, 0.25) is 0 Å².